The first-order valence-corrected chi connectivity index (χ1v) is 9.63. The molecule has 7 heteroatoms. The molecule has 0 radical (unpaired) electrons. The fraction of sp³-hybridized carbons (Fsp3) is 0.333. The molecule has 0 saturated carbocycles. The molecular formula is C21H24N6O. The summed E-state index contributed by atoms with van der Waals surface area (Å²) in [7, 11) is 0. The first-order valence-electron chi connectivity index (χ1n) is 9.63. The normalized spacial score (nSPS) is 14.7. The quantitative estimate of drug-likeness (QED) is 0.635. The third-order valence-corrected chi connectivity index (χ3v) is 4.64. The average molecular weight is 376 g/mol. The van der Waals surface area contributed by atoms with Gasteiger partial charge in [0.05, 0.1) is 18.9 Å². The van der Waals surface area contributed by atoms with Gasteiger partial charge in [0.1, 0.15) is 11.5 Å². The maximum absolute atomic E-state index is 5.40. The highest BCUT2D eigenvalue weighted by atomic mass is 16.5. The summed E-state index contributed by atoms with van der Waals surface area (Å²) in [4.78, 5) is 20.4. The van der Waals surface area contributed by atoms with E-state index in [1.807, 2.05) is 42.6 Å². The Morgan fingerprint density at radius 2 is 1.93 bits per heavy atom. The second-order valence-corrected chi connectivity index (χ2v) is 6.65. The van der Waals surface area contributed by atoms with E-state index in [-0.39, 0.29) is 0 Å². The molecule has 1 saturated heterocycles. The fourth-order valence-electron chi connectivity index (χ4n) is 3.15. The van der Waals surface area contributed by atoms with Crippen LogP contribution in [0.3, 0.4) is 0 Å². The highest BCUT2D eigenvalue weighted by molar-refractivity contribution is 5.65. The van der Waals surface area contributed by atoms with Gasteiger partial charge in [0.25, 0.3) is 0 Å². The SMILES string of the molecule is c1ccc(-c2nc(NCCCN3CCOCC3)cc(-c3cccnc3)n2)nc1. The van der Waals surface area contributed by atoms with Crippen LogP contribution >= 0.6 is 0 Å². The molecule has 0 atom stereocenters. The molecule has 4 rings (SSSR count). The van der Waals surface area contributed by atoms with Crippen LogP contribution in [0, 0.1) is 0 Å². The van der Waals surface area contributed by atoms with Crippen LogP contribution in [0.5, 0.6) is 0 Å². The second-order valence-electron chi connectivity index (χ2n) is 6.65. The monoisotopic (exact) mass is 376 g/mol. The molecule has 0 aromatic carbocycles. The zero-order valence-electron chi connectivity index (χ0n) is 15.8. The number of hydrogen-bond donors (Lipinski definition) is 1. The molecule has 0 spiro atoms. The van der Waals surface area contributed by atoms with Crippen molar-refractivity contribution in [3.63, 3.8) is 0 Å². The minimum Gasteiger partial charge on any atom is -0.379 e. The number of pyridine rings is 2. The minimum absolute atomic E-state index is 0.609. The first-order chi connectivity index (χ1) is 13.9. The number of nitrogens with one attached hydrogen (secondary N) is 1. The molecular weight excluding hydrogens is 352 g/mol. The highest BCUT2D eigenvalue weighted by Gasteiger charge is 2.11. The molecule has 3 aromatic rings. The van der Waals surface area contributed by atoms with E-state index in [1.54, 1.807) is 12.4 Å². The van der Waals surface area contributed by atoms with E-state index < -0.39 is 0 Å². The Balaban J connectivity index is 1.49. The Bertz CT molecular complexity index is 811. The summed E-state index contributed by atoms with van der Waals surface area (Å²) in [6, 6.07) is 11.6. The number of hydrogen-bond acceptors (Lipinski definition) is 7. The van der Waals surface area contributed by atoms with Crippen LogP contribution in [-0.2, 0) is 4.74 Å². The van der Waals surface area contributed by atoms with Crippen molar-refractivity contribution in [2.45, 2.75) is 6.42 Å². The highest BCUT2D eigenvalue weighted by Crippen LogP contribution is 2.22. The largest absolute Gasteiger partial charge is 0.379 e. The summed E-state index contributed by atoms with van der Waals surface area (Å²) < 4.78 is 5.40. The van der Waals surface area contributed by atoms with Crippen molar-refractivity contribution in [1.82, 2.24) is 24.8 Å². The van der Waals surface area contributed by atoms with E-state index in [1.165, 1.54) is 0 Å². The third-order valence-electron chi connectivity index (χ3n) is 4.64. The van der Waals surface area contributed by atoms with Gasteiger partial charge in [0.15, 0.2) is 5.82 Å². The lowest BCUT2D eigenvalue weighted by atomic mass is 10.2. The summed E-state index contributed by atoms with van der Waals surface area (Å²) in [5.41, 5.74) is 2.54. The Hall–Kier alpha value is -2.90. The molecule has 28 heavy (non-hydrogen) atoms. The number of morpholine rings is 1. The summed E-state index contributed by atoms with van der Waals surface area (Å²) in [6.45, 7) is 5.61. The lowest BCUT2D eigenvalue weighted by Crippen LogP contribution is -2.37. The lowest BCUT2D eigenvalue weighted by molar-refractivity contribution is 0.0378. The van der Waals surface area contributed by atoms with Gasteiger partial charge in [-0.15, -0.1) is 0 Å². The van der Waals surface area contributed by atoms with Crippen LogP contribution in [0.15, 0.2) is 55.0 Å². The van der Waals surface area contributed by atoms with Gasteiger partial charge in [-0.25, -0.2) is 9.97 Å². The number of nitrogens with zero attached hydrogens (tertiary/aromatic N) is 5. The number of ether oxygens (including phenoxy) is 1. The molecule has 1 fully saturated rings. The van der Waals surface area contributed by atoms with Crippen LogP contribution in [0.1, 0.15) is 6.42 Å². The van der Waals surface area contributed by atoms with Gasteiger partial charge in [-0.1, -0.05) is 6.07 Å². The number of anilines is 1. The van der Waals surface area contributed by atoms with Crippen LogP contribution < -0.4 is 5.32 Å². The van der Waals surface area contributed by atoms with E-state index in [4.69, 9.17) is 9.72 Å². The van der Waals surface area contributed by atoms with E-state index in [0.29, 0.717) is 5.82 Å². The molecule has 0 amide bonds. The Morgan fingerprint density at radius 1 is 1.00 bits per heavy atom. The van der Waals surface area contributed by atoms with Crippen LogP contribution in [-0.4, -0.2) is 64.2 Å². The minimum atomic E-state index is 0.609. The topological polar surface area (TPSA) is 76.1 Å². The predicted molar refractivity (Wildman–Crippen MR) is 109 cm³/mol. The standard InChI is InChI=1S/C21H24N6O/c1-2-8-23-18(6-1)21-25-19(17-5-3-7-22-16-17)15-20(26-21)24-9-4-10-27-11-13-28-14-12-27/h1-3,5-8,15-16H,4,9-14H2,(H,24,25,26). The van der Waals surface area contributed by atoms with Crippen LogP contribution in [0.4, 0.5) is 5.82 Å². The summed E-state index contributed by atoms with van der Waals surface area (Å²) in [5, 5.41) is 3.45. The van der Waals surface area contributed by atoms with Gasteiger partial charge < -0.3 is 10.1 Å². The van der Waals surface area contributed by atoms with Gasteiger partial charge >= 0.3 is 0 Å². The van der Waals surface area contributed by atoms with Gasteiger partial charge in [-0.2, -0.15) is 0 Å². The second kappa shape index (κ2) is 9.34. The molecule has 1 aliphatic heterocycles. The summed E-state index contributed by atoms with van der Waals surface area (Å²) in [6.07, 6.45) is 6.37. The maximum atomic E-state index is 5.40. The van der Waals surface area contributed by atoms with Gasteiger partial charge in [-0.3, -0.25) is 14.9 Å². The molecule has 144 valence electrons. The molecule has 0 aliphatic carbocycles. The van der Waals surface area contributed by atoms with Crippen molar-refractivity contribution < 1.29 is 4.74 Å². The Kier molecular flexibility index (Phi) is 6.16. The zero-order chi connectivity index (χ0) is 19.0. The predicted octanol–water partition coefficient (Wildman–Crippen LogP) is 2.73. The van der Waals surface area contributed by atoms with Crippen molar-refractivity contribution in [2.75, 3.05) is 44.7 Å². The van der Waals surface area contributed by atoms with Crippen molar-refractivity contribution in [2.24, 2.45) is 0 Å². The Labute approximate surface area is 164 Å². The van der Waals surface area contributed by atoms with Gasteiger partial charge in [-0.05, 0) is 37.2 Å². The van der Waals surface area contributed by atoms with Crippen LogP contribution in [0.25, 0.3) is 22.8 Å². The smallest absolute Gasteiger partial charge is 0.180 e. The van der Waals surface area contributed by atoms with E-state index >= 15 is 0 Å². The zero-order valence-corrected chi connectivity index (χ0v) is 15.8. The van der Waals surface area contributed by atoms with Crippen molar-refractivity contribution in [1.29, 1.82) is 0 Å². The van der Waals surface area contributed by atoms with Crippen molar-refractivity contribution in [3.05, 3.63) is 55.0 Å². The van der Waals surface area contributed by atoms with Crippen molar-refractivity contribution in [3.8, 4) is 22.8 Å². The summed E-state index contributed by atoms with van der Waals surface area (Å²) in [5.74, 6) is 1.41. The number of rotatable bonds is 7. The van der Waals surface area contributed by atoms with E-state index in [9.17, 15) is 0 Å². The Morgan fingerprint density at radius 3 is 2.71 bits per heavy atom. The lowest BCUT2D eigenvalue weighted by Gasteiger charge is -2.26. The van der Waals surface area contributed by atoms with Gasteiger partial charge in [0.2, 0.25) is 0 Å². The fourth-order valence-corrected chi connectivity index (χ4v) is 3.15. The number of aromatic nitrogens is 4. The molecule has 4 heterocycles. The first kappa shape index (κ1) is 18.5. The van der Waals surface area contributed by atoms with Crippen LogP contribution in [0.2, 0.25) is 0 Å². The van der Waals surface area contributed by atoms with Crippen molar-refractivity contribution >= 4 is 5.82 Å². The van der Waals surface area contributed by atoms with Gasteiger partial charge in [0, 0.05) is 49.9 Å². The third kappa shape index (κ3) is 4.88. The average Bonchev–Trinajstić information content (AvgIpc) is 2.78. The molecule has 3 aromatic heterocycles. The molecule has 1 aliphatic rings. The molecule has 7 nitrogen and oxygen atoms in total. The summed E-state index contributed by atoms with van der Waals surface area (Å²) >= 11 is 0. The molecule has 0 unspecified atom stereocenters. The van der Waals surface area contributed by atoms with E-state index in [0.717, 1.165) is 68.6 Å². The van der Waals surface area contributed by atoms with E-state index in [2.05, 4.69) is 25.2 Å². The molecule has 1 N–H and O–H groups in total. The maximum Gasteiger partial charge on any atom is 0.180 e. The molecule has 0 bridgehead atoms.